The SMILES string of the molecule is O=C(CCS(=O)(=O)C1CCCC1)NC1(c2cccc(F)c2)CCOCC1. The zero-order valence-corrected chi connectivity index (χ0v) is 15.7. The maximum Gasteiger partial charge on any atom is 0.221 e. The molecule has 144 valence electrons. The molecule has 1 heterocycles. The van der Waals surface area contributed by atoms with Crippen LogP contribution in [0.25, 0.3) is 0 Å². The summed E-state index contributed by atoms with van der Waals surface area (Å²) in [4.78, 5) is 12.5. The normalized spacial score (nSPS) is 20.8. The Hall–Kier alpha value is -1.47. The molecule has 0 aromatic heterocycles. The molecule has 0 spiro atoms. The first-order valence-electron chi connectivity index (χ1n) is 9.28. The van der Waals surface area contributed by atoms with Crippen molar-refractivity contribution in [3.05, 3.63) is 35.6 Å². The summed E-state index contributed by atoms with van der Waals surface area (Å²) in [6, 6.07) is 6.22. The van der Waals surface area contributed by atoms with Gasteiger partial charge in [-0.2, -0.15) is 0 Å². The summed E-state index contributed by atoms with van der Waals surface area (Å²) in [7, 11) is -3.23. The molecule has 1 aromatic carbocycles. The standard InChI is InChI=1S/C19H26FNO4S/c20-16-5-3-4-15(14-16)19(9-11-25-12-10-19)21-18(22)8-13-26(23,24)17-6-1-2-7-17/h3-5,14,17H,1-2,6-13H2,(H,21,22). The quantitative estimate of drug-likeness (QED) is 0.820. The molecule has 0 unspecified atom stereocenters. The Morgan fingerprint density at radius 1 is 1.23 bits per heavy atom. The monoisotopic (exact) mass is 383 g/mol. The number of benzene rings is 1. The number of carbonyl (C=O) groups is 1. The van der Waals surface area contributed by atoms with Crippen LogP contribution in [0.15, 0.2) is 24.3 Å². The summed E-state index contributed by atoms with van der Waals surface area (Å²) >= 11 is 0. The predicted molar refractivity (Wildman–Crippen MR) is 96.9 cm³/mol. The van der Waals surface area contributed by atoms with Gasteiger partial charge in [0, 0.05) is 19.6 Å². The largest absolute Gasteiger partial charge is 0.381 e. The van der Waals surface area contributed by atoms with Crippen molar-refractivity contribution in [2.45, 2.75) is 55.7 Å². The van der Waals surface area contributed by atoms with Crippen LogP contribution >= 0.6 is 0 Å². The smallest absolute Gasteiger partial charge is 0.221 e. The number of hydrogen-bond donors (Lipinski definition) is 1. The minimum atomic E-state index is -3.23. The van der Waals surface area contributed by atoms with E-state index in [9.17, 15) is 17.6 Å². The van der Waals surface area contributed by atoms with Crippen LogP contribution < -0.4 is 5.32 Å². The number of amides is 1. The molecule has 2 aliphatic rings. The summed E-state index contributed by atoms with van der Waals surface area (Å²) in [6.45, 7) is 0.939. The zero-order valence-electron chi connectivity index (χ0n) is 14.9. The fourth-order valence-corrected chi connectivity index (χ4v) is 5.83. The number of hydrogen-bond acceptors (Lipinski definition) is 4. The summed E-state index contributed by atoms with van der Waals surface area (Å²) in [5, 5.41) is 2.69. The van der Waals surface area contributed by atoms with Gasteiger partial charge in [0.1, 0.15) is 5.82 Å². The fraction of sp³-hybridized carbons (Fsp3) is 0.632. The lowest BCUT2D eigenvalue weighted by Crippen LogP contribution is -2.49. The number of nitrogens with one attached hydrogen (secondary N) is 1. The van der Waals surface area contributed by atoms with Gasteiger partial charge in [-0.25, -0.2) is 12.8 Å². The second kappa shape index (κ2) is 8.05. The number of carbonyl (C=O) groups excluding carboxylic acids is 1. The van der Waals surface area contributed by atoms with E-state index in [4.69, 9.17) is 4.74 Å². The minimum absolute atomic E-state index is 0.0588. The van der Waals surface area contributed by atoms with Gasteiger partial charge in [-0.1, -0.05) is 25.0 Å². The van der Waals surface area contributed by atoms with Gasteiger partial charge in [-0.15, -0.1) is 0 Å². The van der Waals surface area contributed by atoms with E-state index in [0.717, 1.165) is 12.8 Å². The van der Waals surface area contributed by atoms with Crippen LogP contribution in [0.5, 0.6) is 0 Å². The Morgan fingerprint density at radius 2 is 1.92 bits per heavy atom. The molecule has 0 bridgehead atoms. The molecule has 1 saturated heterocycles. The van der Waals surface area contributed by atoms with Gasteiger partial charge < -0.3 is 10.1 Å². The molecule has 1 aromatic rings. The van der Waals surface area contributed by atoms with E-state index in [-0.39, 0.29) is 29.1 Å². The van der Waals surface area contributed by atoms with Gasteiger partial charge in [-0.05, 0) is 43.4 Å². The van der Waals surface area contributed by atoms with Crippen LogP contribution in [0, 0.1) is 5.82 Å². The molecule has 7 heteroatoms. The highest BCUT2D eigenvalue weighted by Crippen LogP contribution is 2.33. The van der Waals surface area contributed by atoms with Crippen LogP contribution in [0.2, 0.25) is 0 Å². The number of sulfone groups is 1. The van der Waals surface area contributed by atoms with E-state index in [1.807, 2.05) is 0 Å². The van der Waals surface area contributed by atoms with E-state index in [2.05, 4.69) is 5.32 Å². The molecule has 26 heavy (non-hydrogen) atoms. The molecule has 1 amide bonds. The molecule has 0 radical (unpaired) electrons. The van der Waals surface area contributed by atoms with Crippen LogP contribution in [0.4, 0.5) is 4.39 Å². The van der Waals surface area contributed by atoms with Crippen molar-refractivity contribution in [1.29, 1.82) is 0 Å². The Labute approximate surface area is 154 Å². The third-order valence-corrected chi connectivity index (χ3v) is 7.79. The van der Waals surface area contributed by atoms with Gasteiger partial charge in [0.05, 0.1) is 16.5 Å². The highest BCUT2D eigenvalue weighted by Gasteiger charge is 2.37. The van der Waals surface area contributed by atoms with Crippen LogP contribution in [0.3, 0.4) is 0 Å². The van der Waals surface area contributed by atoms with Crippen molar-refractivity contribution in [3.63, 3.8) is 0 Å². The summed E-state index contributed by atoms with van der Waals surface area (Å²) in [6.07, 6.45) is 4.31. The van der Waals surface area contributed by atoms with Crippen LogP contribution in [-0.2, 0) is 24.9 Å². The molecule has 1 saturated carbocycles. The van der Waals surface area contributed by atoms with Crippen molar-refractivity contribution in [1.82, 2.24) is 5.32 Å². The summed E-state index contributed by atoms with van der Waals surface area (Å²) < 4.78 is 43.8. The van der Waals surface area contributed by atoms with E-state index >= 15 is 0 Å². The minimum Gasteiger partial charge on any atom is -0.381 e. The van der Waals surface area contributed by atoms with Gasteiger partial charge in [0.25, 0.3) is 0 Å². The zero-order chi connectivity index (χ0) is 18.6. The topological polar surface area (TPSA) is 72.5 Å². The Balaban J connectivity index is 1.68. The van der Waals surface area contributed by atoms with Crippen LogP contribution in [0.1, 0.15) is 50.5 Å². The Bertz CT molecular complexity index is 738. The molecule has 1 aliphatic heterocycles. The number of halogens is 1. The van der Waals surface area contributed by atoms with Crippen molar-refractivity contribution in [3.8, 4) is 0 Å². The molecule has 1 N–H and O–H groups in total. The fourth-order valence-electron chi connectivity index (χ4n) is 3.97. The molecule has 1 aliphatic carbocycles. The lowest BCUT2D eigenvalue weighted by Gasteiger charge is -2.38. The first kappa shape index (κ1) is 19.3. The lowest BCUT2D eigenvalue weighted by molar-refractivity contribution is -0.124. The second-order valence-electron chi connectivity index (χ2n) is 7.28. The second-order valence-corrected chi connectivity index (χ2v) is 9.68. The highest BCUT2D eigenvalue weighted by molar-refractivity contribution is 7.92. The van der Waals surface area contributed by atoms with Gasteiger partial charge in [-0.3, -0.25) is 4.79 Å². The van der Waals surface area contributed by atoms with Crippen molar-refractivity contribution >= 4 is 15.7 Å². The van der Waals surface area contributed by atoms with Gasteiger partial charge >= 0.3 is 0 Å². The summed E-state index contributed by atoms with van der Waals surface area (Å²) in [5.41, 5.74) is 0.00182. The van der Waals surface area contributed by atoms with Crippen LogP contribution in [-0.4, -0.2) is 38.5 Å². The molecular formula is C19H26FNO4S. The summed E-state index contributed by atoms with van der Waals surface area (Å²) in [5.74, 6) is -0.789. The van der Waals surface area contributed by atoms with E-state index in [1.165, 1.54) is 12.1 Å². The first-order valence-corrected chi connectivity index (χ1v) is 11.0. The molecule has 3 rings (SSSR count). The average Bonchev–Trinajstić information content (AvgIpc) is 3.17. The number of rotatable bonds is 6. The number of ether oxygens (including phenoxy) is 1. The van der Waals surface area contributed by atoms with Crippen molar-refractivity contribution in [2.75, 3.05) is 19.0 Å². The maximum atomic E-state index is 13.7. The lowest BCUT2D eigenvalue weighted by atomic mass is 9.82. The molecular weight excluding hydrogens is 357 g/mol. The van der Waals surface area contributed by atoms with E-state index < -0.39 is 15.4 Å². The van der Waals surface area contributed by atoms with Gasteiger partial charge in [0.2, 0.25) is 5.91 Å². The molecule has 2 fully saturated rings. The van der Waals surface area contributed by atoms with Crippen molar-refractivity contribution < 1.29 is 22.3 Å². The van der Waals surface area contributed by atoms with Gasteiger partial charge in [0.15, 0.2) is 9.84 Å². The first-order chi connectivity index (χ1) is 12.4. The Kier molecular flexibility index (Phi) is 5.97. The third-order valence-electron chi connectivity index (χ3n) is 5.53. The predicted octanol–water partition coefficient (Wildman–Crippen LogP) is 2.70. The maximum absolute atomic E-state index is 13.7. The highest BCUT2D eigenvalue weighted by atomic mass is 32.2. The molecule has 0 atom stereocenters. The average molecular weight is 383 g/mol. The van der Waals surface area contributed by atoms with Crippen molar-refractivity contribution in [2.24, 2.45) is 0 Å². The third kappa shape index (κ3) is 4.43. The van der Waals surface area contributed by atoms with E-state index in [1.54, 1.807) is 12.1 Å². The Morgan fingerprint density at radius 3 is 2.58 bits per heavy atom. The molecule has 5 nitrogen and oxygen atoms in total. The van der Waals surface area contributed by atoms with E-state index in [0.29, 0.717) is 44.5 Å².